The summed E-state index contributed by atoms with van der Waals surface area (Å²) in [5, 5.41) is 5.74. The Bertz CT molecular complexity index is 1400. The molecule has 0 bridgehead atoms. The Morgan fingerprint density at radius 1 is 0.970 bits per heavy atom. The van der Waals surface area contributed by atoms with E-state index in [2.05, 4.69) is 35.3 Å². The van der Waals surface area contributed by atoms with Crippen molar-refractivity contribution in [1.82, 2.24) is 9.40 Å². The van der Waals surface area contributed by atoms with Gasteiger partial charge in [0.2, 0.25) is 0 Å². The molecule has 0 saturated heterocycles. The number of fused-ring (bicyclic) bond motifs is 1. The molecule has 7 heteroatoms. The molecule has 0 radical (unpaired) electrons. The predicted octanol–water partition coefficient (Wildman–Crippen LogP) is 5.95. The Morgan fingerprint density at radius 3 is 2.30 bits per heavy atom. The van der Waals surface area contributed by atoms with Crippen LogP contribution in [0.2, 0.25) is 5.02 Å². The van der Waals surface area contributed by atoms with E-state index in [4.69, 9.17) is 11.6 Å². The van der Waals surface area contributed by atoms with Crippen LogP contribution in [-0.4, -0.2) is 19.2 Å². The molecular weight excluding hydrogens is 454 g/mol. The van der Waals surface area contributed by atoms with Crippen LogP contribution in [0.5, 0.6) is 0 Å². The van der Waals surface area contributed by atoms with Gasteiger partial charge in [-0.25, -0.2) is 4.83 Å². The highest BCUT2D eigenvalue weighted by atomic mass is 35.5. The molecule has 0 atom stereocenters. The molecule has 33 heavy (non-hydrogen) atoms. The number of para-hydroxylation sites is 1. The number of hydrogen-bond donors (Lipinski definition) is 1. The van der Waals surface area contributed by atoms with Gasteiger partial charge >= 0.3 is 0 Å². The summed E-state index contributed by atoms with van der Waals surface area (Å²) in [6.45, 7) is 6.92. The van der Waals surface area contributed by atoms with Gasteiger partial charge < -0.3 is 4.57 Å². The number of halogens is 1. The van der Waals surface area contributed by atoms with Gasteiger partial charge in [0.1, 0.15) is 0 Å². The summed E-state index contributed by atoms with van der Waals surface area (Å²) < 4.78 is 27.5. The van der Waals surface area contributed by atoms with Crippen molar-refractivity contribution in [2.45, 2.75) is 37.6 Å². The van der Waals surface area contributed by atoms with Gasteiger partial charge in [-0.1, -0.05) is 74.8 Å². The second-order valence-corrected chi connectivity index (χ2v) is 11.1. The lowest BCUT2D eigenvalue weighted by molar-refractivity contribution is 0.580. The molecule has 0 amide bonds. The second-order valence-electron chi connectivity index (χ2n) is 8.98. The maximum absolute atomic E-state index is 12.7. The third-order valence-electron chi connectivity index (χ3n) is 5.49. The first kappa shape index (κ1) is 23.1. The minimum absolute atomic E-state index is 0.0475. The van der Waals surface area contributed by atoms with Gasteiger partial charge in [-0.15, -0.1) is 0 Å². The largest absolute Gasteiger partial charge is 0.342 e. The number of nitrogens with zero attached hydrogens (tertiary/aromatic N) is 2. The van der Waals surface area contributed by atoms with E-state index in [1.807, 2.05) is 66.9 Å². The lowest BCUT2D eigenvalue weighted by Crippen LogP contribution is -2.19. The van der Waals surface area contributed by atoms with E-state index >= 15 is 0 Å². The van der Waals surface area contributed by atoms with E-state index in [1.165, 1.54) is 0 Å². The van der Waals surface area contributed by atoms with Crippen LogP contribution in [0.3, 0.4) is 0 Å². The molecule has 1 aromatic heterocycles. The van der Waals surface area contributed by atoms with Gasteiger partial charge in [0.05, 0.1) is 11.1 Å². The maximum Gasteiger partial charge on any atom is 0.276 e. The summed E-state index contributed by atoms with van der Waals surface area (Å²) >= 11 is 6.00. The Morgan fingerprint density at radius 2 is 1.64 bits per heavy atom. The molecule has 1 N–H and O–H groups in total. The topological polar surface area (TPSA) is 63.5 Å². The zero-order chi connectivity index (χ0) is 23.6. The van der Waals surface area contributed by atoms with E-state index in [-0.39, 0.29) is 10.3 Å². The number of sulfonamides is 1. The average molecular weight is 480 g/mol. The number of nitrogens with one attached hydrogen (secondary N) is 1. The van der Waals surface area contributed by atoms with Crippen molar-refractivity contribution in [3.8, 4) is 0 Å². The summed E-state index contributed by atoms with van der Waals surface area (Å²) in [7, 11) is -3.76. The fourth-order valence-electron chi connectivity index (χ4n) is 3.65. The minimum Gasteiger partial charge on any atom is -0.342 e. The Kier molecular flexibility index (Phi) is 6.32. The van der Waals surface area contributed by atoms with Crippen molar-refractivity contribution >= 4 is 38.7 Å². The van der Waals surface area contributed by atoms with E-state index < -0.39 is 10.0 Å². The fourth-order valence-corrected chi connectivity index (χ4v) is 4.56. The van der Waals surface area contributed by atoms with Crippen molar-refractivity contribution in [3.63, 3.8) is 0 Å². The van der Waals surface area contributed by atoms with Crippen LogP contribution < -0.4 is 4.83 Å². The van der Waals surface area contributed by atoms with Crippen molar-refractivity contribution in [3.05, 3.63) is 101 Å². The third-order valence-corrected chi connectivity index (χ3v) is 6.98. The second kappa shape index (κ2) is 9.04. The molecule has 3 aromatic carbocycles. The number of benzene rings is 3. The normalized spacial score (nSPS) is 12.5. The maximum atomic E-state index is 12.7. The Balaban J connectivity index is 1.56. The standard InChI is InChI=1S/C26H26ClN3O2S/c1-26(2,3)21-10-14-23(15-11-21)33(31,32)29-28-16-20-18-30(25-7-5-4-6-24(20)25)17-19-8-12-22(27)13-9-19/h4-16,18,29H,17H2,1-3H3/b28-16+. The predicted molar refractivity (Wildman–Crippen MR) is 136 cm³/mol. The van der Waals surface area contributed by atoms with Crippen molar-refractivity contribution in [1.29, 1.82) is 0 Å². The first-order chi connectivity index (χ1) is 15.6. The minimum atomic E-state index is -3.76. The summed E-state index contributed by atoms with van der Waals surface area (Å²) in [5.41, 5.74) is 4.00. The number of aromatic nitrogens is 1. The van der Waals surface area contributed by atoms with E-state index in [0.29, 0.717) is 11.6 Å². The summed E-state index contributed by atoms with van der Waals surface area (Å²) in [6.07, 6.45) is 3.51. The van der Waals surface area contributed by atoms with Crippen molar-refractivity contribution in [2.75, 3.05) is 0 Å². The van der Waals surface area contributed by atoms with Crippen molar-refractivity contribution < 1.29 is 8.42 Å². The van der Waals surface area contributed by atoms with Gasteiger partial charge in [-0.2, -0.15) is 13.5 Å². The average Bonchev–Trinajstić information content (AvgIpc) is 3.12. The quantitative estimate of drug-likeness (QED) is 0.274. The highest BCUT2D eigenvalue weighted by Gasteiger charge is 2.17. The van der Waals surface area contributed by atoms with E-state index in [0.717, 1.165) is 27.6 Å². The Labute approximate surface area is 199 Å². The zero-order valence-electron chi connectivity index (χ0n) is 18.8. The molecular formula is C26H26ClN3O2S. The third kappa shape index (κ3) is 5.29. The molecule has 0 aliphatic carbocycles. The van der Waals surface area contributed by atoms with Gasteiger partial charge in [0.15, 0.2) is 0 Å². The zero-order valence-corrected chi connectivity index (χ0v) is 20.4. The summed E-state index contributed by atoms with van der Waals surface area (Å²) in [4.78, 5) is 2.51. The van der Waals surface area contributed by atoms with Crippen LogP contribution in [0.1, 0.15) is 37.5 Å². The first-order valence-corrected chi connectivity index (χ1v) is 12.5. The highest BCUT2D eigenvalue weighted by Crippen LogP contribution is 2.24. The van der Waals surface area contributed by atoms with Crippen molar-refractivity contribution in [2.24, 2.45) is 5.10 Å². The molecule has 0 unspecified atom stereocenters. The molecule has 4 rings (SSSR count). The molecule has 170 valence electrons. The number of rotatable bonds is 6. The molecule has 0 fully saturated rings. The smallest absolute Gasteiger partial charge is 0.276 e. The molecule has 0 aliphatic heterocycles. The van der Waals surface area contributed by atoms with Crippen LogP contribution in [-0.2, 0) is 22.0 Å². The van der Waals surface area contributed by atoms with Gasteiger partial charge in [-0.3, -0.25) is 0 Å². The van der Waals surface area contributed by atoms with Crippen LogP contribution in [0.4, 0.5) is 0 Å². The molecule has 1 heterocycles. The van der Waals surface area contributed by atoms with Gasteiger partial charge in [0, 0.05) is 34.2 Å². The van der Waals surface area contributed by atoms with Gasteiger partial charge in [0.25, 0.3) is 10.0 Å². The number of hydrogen-bond acceptors (Lipinski definition) is 3. The van der Waals surface area contributed by atoms with Crippen LogP contribution in [0, 0.1) is 0 Å². The lowest BCUT2D eigenvalue weighted by atomic mass is 9.87. The van der Waals surface area contributed by atoms with E-state index in [9.17, 15) is 8.42 Å². The van der Waals surface area contributed by atoms with Gasteiger partial charge in [-0.05, 0) is 46.9 Å². The molecule has 0 spiro atoms. The lowest BCUT2D eigenvalue weighted by Gasteiger charge is -2.19. The highest BCUT2D eigenvalue weighted by molar-refractivity contribution is 7.89. The van der Waals surface area contributed by atoms with Crippen LogP contribution in [0.15, 0.2) is 89.0 Å². The van der Waals surface area contributed by atoms with E-state index in [1.54, 1.807) is 18.3 Å². The monoisotopic (exact) mass is 479 g/mol. The summed E-state index contributed by atoms with van der Waals surface area (Å²) in [6, 6.07) is 22.6. The van der Waals surface area contributed by atoms with Crippen LogP contribution in [0.25, 0.3) is 10.9 Å². The number of hydrazone groups is 1. The summed E-state index contributed by atoms with van der Waals surface area (Å²) in [5.74, 6) is 0. The fraction of sp³-hybridized carbons (Fsp3) is 0.192. The SMILES string of the molecule is CC(C)(C)c1ccc(S(=O)(=O)N/N=C/c2cn(Cc3ccc(Cl)cc3)c3ccccc23)cc1. The molecule has 0 aliphatic rings. The molecule has 4 aromatic rings. The first-order valence-electron chi connectivity index (χ1n) is 10.6. The Hall–Kier alpha value is -3.09. The molecule has 5 nitrogen and oxygen atoms in total. The molecule has 0 saturated carbocycles. The van der Waals surface area contributed by atoms with Crippen LogP contribution >= 0.6 is 11.6 Å².